The Hall–Kier alpha value is -3.10. The topological polar surface area (TPSA) is 105 Å². The molecule has 2 aromatic heterocycles. The van der Waals surface area contributed by atoms with Crippen molar-refractivity contribution in [3.63, 3.8) is 0 Å². The number of carbonyl (C=O) groups excluding carboxylic acids is 1. The quantitative estimate of drug-likeness (QED) is 0.723. The van der Waals surface area contributed by atoms with Crippen molar-refractivity contribution < 1.29 is 9.53 Å². The lowest BCUT2D eigenvalue weighted by atomic mass is 10.2. The summed E-state index contributed by atoms with van der Waals surface area (Å²) in [6.45, 7) is 2.28. The average molecular weight is 341 g/mol. The fourth-order valence-corrected chi connectivity index (χ4v) is 2.83. The van der Waals surface area contributed by atoms with E-state index in [0.717, 1.165) is 12.8 Å². The first kappa shape index (κ1) is 15.4. The van der Waals surface area contributed by atoms with E-state index in [-0.39, 0.29) is 12.0 Å². The summed E-state index contributed by atoms with van der Waals surface area (Å²) in [5.41, 5.74) is 0.883. The number of rotatable bonds is 1. The molecule has 130 valence electrons. The van der Waals surface area contributed by atoms with Gasteiger partial charge in [-0.05, 0) is 19.4 Å². The van der Waals surface area contributed by atoms with Crippen molar-refractivity contribution in [2.45, 2.75) is 25.9 Å². The summed E-state index contributed by atoms with van der Waals surface area (Å²) in [4.78, 5) is 21.6. The summed E-state index contributed by atoms with van der Waals surface area (Å²) >= 11 is 0. The van der Waals surface area contributed by atoms with Crippen LogP contribution in [0.2, 0.25) is 0 Å². The van der Waals surface area contributed by atoms with Gasteiger partial charge < -0.3 is 20.7 Å². The molecule has 0 radical (unpaired) electrons. The molecule has 0 saturated carbocycles. The van der Waals surface area contributed by atoms with E-state index >= 15 is 0 Å². The fraction of sp³-hybridized carbons (Fsp3) is 0.375. The molecule has 9 nitrogen and oxygen atoms in total. The first-order chi connectivity index (χ1) is 12.1. The van der Waals surface area contributed by atoms with Crippen molar-refractivity contribution in [3.8, 4) is 0 Å². The molecule has 3 N–H and O–H groups in total. The number of ether oxygens (including phenoxy) is 1. The van der Waals surface area contributed by atoms with E-state index in [0.29, 0.717) is 41.1 Å². The number of nitrogens with one attached hydrogen (secondary N) is 3. The van der Waals surface area contributed by atoms with Gasteiger partial charge in [0.25, 0.3) is 5.91 Å². The molecule has 0 aromatic carbocycles. The van der Waals surface area contributed by atoms with Crippen LogP contribution in [0.25, 0.3) is 5.65 Å². The van der Waals surface area contributed by atoms with Gasteiger partial charge in [-0.2, -0.15) is 9.61 Å². The maximum Gasteiger partial charge on any atom is 0.256 e. The molecular weight excluding hydrogens is 322 g/mol. The van der Waals surface area contributed by atoms with Crippen molar-refractivity contribution in [1.29, 1.82) is 0 Å². The number of allylic oxidation sites excluding steroid dienone is 1. The van der Waals surface area contributed by atoms with Crippen LogP contribution in [0.1, 0.15) is 30.1 Å². The maximum absolute atomic E-state index is 12.5. The van der Waals surface area contributed by atoms with Crippen molar-refractivity contribution in [2.24, 2.45) is 4.99 Å². The molecule has 1 atom stereocenters. The van der Waals surface area contributed by atoms with Gasteiger partial charge in [-0.1, -0.05) is 0 Å². The molecule has 4 bridgehead atoms. The Bertz CT molecular complexity index is 899. The van der Waals surface area contributed by atoms with E-state index in [4.69, 9.17) is 4.74 Å². The monoisotopic (exact) mass is 341 g/mol. The second kappa shape index (κ2) is 6.08. The number of aromatic nitrogens is 3. The zero-order chi connectivity index (χ0) is 17.4. The summed E-state index contributed by atoms with van der Waals surface area (Å²) < 4.78 is 7.44. The third-order valence-corrected chi connectivity index (χ3v) is 4.06. The minimum absolute atomic E-state index is 0.183. The summed E-state index contributed by atoms with van der Waals surface area (Å²) in [5, 5.41) is 13.4. The van der Waals surface area contributed by atoms with Gasteiger partial charge in [-0.3, -0.25) is 4.79 Å². The highest BCUT2D eigenvalue weighted by Crippen LogP contribution is 2.22. The Morgan fingerprint density at radius 2 is 2.32 bits per heavy atom. The molecular formula is C16H19N7O2. The Labute approximate surface area is 144 Å². The first-order valence-corrected chi connectivity index (χ1v) is 8.20. The zero-order valence-electron chi connectivity index (χ0n) is 14.0. The summed E-state index contributed by atoms with van der Waals surface area (Å²) in [7, 11) is 1.79. The number of amides is 1. The number of aliphatic imine (C=N–C) groups is 1. The minimum atomic E-state index is -0.236. The van der Waals surface area contributed by atoms with Crippen LogP contribution in [0.15, 0.2) is 29.2 Å². The lowest BCUT2D eigenvalue weighted by Crippen LogP contribution is -2.33. The first-order valence-electron chi connectivity index (χ1n) is 8.20. The fourth-order valence-electron chi connectivity index (χ4n) is 2.83. The molecule has 25 heavy (non-hydrogen) atoms. The number of fused-ring (bicyclic) bond motifs is 2. The van der Waals surface area contributed by atoms with Gasteiger partial charge >= 0.3 is 0 Å². The summed E-state index contributed by atoms with van der Waals surface area (Å²) in [6, 6.07) is 1.81. The van der Waals surface area contributed by atoms with Crippen molar-refractivity contribution in [1.82, 2.24) is 19.9 Å². The highest BCUT2D eigenvalue weighted by atomic mass is 16.5. The summed E-state index contributed by atoms with van der Waals surface area (Å²) in [6.07, 6.45) is 4.91. The van der Waals surface area contributed by atoms with E-state index < -0.39 is 0 Å². The third kappa shape index (κ3) is 2.88. The highest BCUT2D eigenvalue weighted by Gasteiger charge is 2.20. The van der Waals surface area contributed by atoms with E-state index in [9.17, 15) is 4.79 Å². The molecule has 2 aliphatic heterocycles. The van der Waals surface area contributed by atoms with Crippen LogP contribution in [0.4, 0.5) is 11.6 Å². The smallest absolute Gasteiger partial charge is 0.256 e. The molecule has 9 heteroatoms. The lowest BCUT2D eigenvalue weighted by molar-refractivity contribution is 0.0929. The van der Waals surface area contributed by atoms with Gasteiger partial charge in [0.05, 0.1) is 12.7 Å². The van der Waals surface area contributed by atoms with Crippen LogP contribution in [0.3, 0.4) is 0 Å². The largest absolute Gasteiger partial charge is 0.476 e. The van der Waals surface area contributed by atoms with Gasteiger partial charge in [-0.15, -0.1) is 0 Å². The number of anilines is 2. The number of hydrogen-bond donors (Lipinski definition) is 3. The second-order valence-electron chi connectivity index (χ2n) is 5.97. The van der Waals surface area contributed by atoms with Crippen molar-refractivity contribution >= 4 is 29.1 Å². The summed E-state index contributed by atoms with van der Waals surface area (Å²) in [5.74, 6) is 2.40. The molecule has 4 heterocycles. The maximum atomic E-state index is 12.5. The van der Waals surface area contributed by atoms with Gasteiger partial charge in [0.1, 0.15) is 29.1 Å². The van der Waals surface area contributed by atoms with Crippen LogP contribution in [0, 0.1) is 0 Å². The van der Waals surface area contributed by atoms with Gasteiger partial charge in [0, 0.05) is 19.5 Å². The zero-order valence-corrected chi connectivity index (χ0v) is 14.0. The van der Waals surface area contributed by atoms with Crippen molar-refractivity contribution in [2.75, 3.05) is 24.2 Å². The van der Waals surface area contributed by atoms with E-state index in [1.54, 1.807) is 11.6 Å². The SMILES string of the molecule is CNc1cc2nc3c(cnn13)C(=O)NCC(C)OC1=NC(=CCC1)N2. The van der Waals surface area contributed by atoms with Gasteiger partial charge in [0.2, 0.25) is 0 Å². The number of carbonyl (C=O) groups is 1. The Balaban J connectivity index is 1.85. The minimum Gasteiger partial charge on any atom is -0.476 e. The molecule has 1 unspecified atom stereocenters. The molecule has 2 aliphatic rings. The van der Waals surface area contributed by atoms with Gasteiger partial charge in [0.15, 0.2) is 11.5 Å². The van der Waals surface area contributed by atoms with Gasteiger partial charge in [-0.25, -0.2) is 9.98 Å². The van der Waals surface area contributed by atoms with Crippen LogP contribution < -0.4 is 16.0 Å². The van der Waals surface area contributed by atoms with E-state index in [1.807, 2.05) is 19.1 Å². The van der Waals surface area contributed by atoms with E-state index in [1.165, 1.54) is 6.20 Å². The highest BCUT2D eigenvalue weighted by molar-refractivity contribution is 6.00. The molecule has 0 spiro atoms. The molecule has 4 rings (SSSR count). The molecule has 0 aliphatic carbocycles. The molecule has 0 saturated heterocycles. The number of hydrogen-bond acceptors (Lipinski definition) is 7. The Kier molecular flexibility index (Phi) is 3.75. The predicted octanol–water partition coefficient (Wildman–Crippen LogP) is 1.37. The second-order valence-corrected chi connectivity index (χ2v) is 5.97. The number of nitrogens with zero attached hydrogens (tertiary/aromatic N) is 4. The standard InChI is InChI=1S/C16H19N7O2/c1-9-7-18-16(24)10-8-19-23-13(17-2)6-12(22-15(10)23)20-11-4-3-5-14(21-11)25-9/h4,6,8-9,17H,3,5,7H2,1-2H3,(H,18,24)(H,20,22). The van der Waals surface area contributed by atoms with Crippen LogP contribution in [0.5, 0.6) is 0 Å². The van der Waals surface area contributed by atoms with Crippen molar-refractivity contribution in [3.05, 3.63) is 29.7 Å². The van der Waals surface area contributed by atoms with Crippen LogP contribution in [-0.2, 0) is 4.74 Å². The molecule has 1 amide bonds. The third-order valence-electron chi connectivity index (χ3n) is 4.06. The van der Waals surface area contributed by atoms with E-state index in [2.05, 4.69) is 31.0 Å². The van der Waals surface area contributed by atoms with Crippen LogP contribution in [-0.4, -0.2) is 46.1 Å². The average Bonchev–Trinajstić information content (AvgIpc) is 3.02. The molecule has 0 fully saturated rings. The predicted molar refractivity (Wildman–Crippen MR) is 93.8 cm³/mol. The Morgan fingerprint density at radius 3 is 3.16 bits per heavy atom. The normalized spacial score (nSPS) is 20.2. The van der Waals surface area contributed by atoms with Crippen LogP contribution >= 0.6 is 0 Å². The lowest BCUT2D eigenvalue weighted by Gasteiger charge is -2.19. The Morgan fingerprint density at radius 1 is 1.44 bits per heavy atom. The molecule has 2 aromatic rings.